The number of pyridine rings is 2. The average Bonchev–Trinajstić information content (AvgIpc) is 3.57. The number of fused-ring (bicyclic) bond motifs is 2. The first-order chi connectivity index (χ1) is 18.7. The van der Waals surface area contributed by atoms with Gasteiger partial charge in [0.25, 0.3) is 0 Å². The number of nitrogens with one attached hydrogen (secondary N) is 2. The van der Waals surface area contributed by atoms with Crippen LogP contribution in [0, 0.1) is 12.8 Å². The second-order valence-corrected chi connectivity index (χ2v) is 10.6. The Balaban J connectivity index is 1.26. The predicted octanol–water partition coefficient (Wildman–Crippen LogP) is 7.66. The van der Waals surface area contributed by atoms with E-state index in [0.717, 1.165) is 62.5 Å². The molecule has 0 bridgehead atoms. The Hall–Kier alpha value is -4.32. The summed E-state index contributed by atoms with van der Waals surface area (Å²) in [6, 6.07) is 21.1. The van der Waals surface area contributed by atoms with Crippen molar-refractivity contribution in [2.45, 2.75) is 45.4 Å². The zero-order valence-corrected chi connectivity index (χ0v) is 21.5. The molecule has 0 radical (unpaired) electrons. The van der Waals surface area contributed by atoms with Gasteiger partial charge in [0.2, 0.25) is 0 Å². The van der Waals surface area contributed by atoms with Gasteiger partial charge < -0.3 is 4.98 Å². The highest BCUT2D eigenvalue weighted by Gasteiger charge is 2.18. The van der Waals surface area contributed by atoms with Crippen LogP contribution in [-0.4, -0.2) is 30.1 Å². The molecule has 4 aromatic heterocycles. The van der Waals surface area contributed by atoms with E-state index in [1.165, 1.54) is 43.2 Å². The number of benzene rings is 2. The number of rotatable bonds is 5. The quantitative estimate of drug-likeness (QED) is 0.256. The van der Waals surface area contributed by atoms with Crippen LogP contribution in [0.3, 0.4) is 0 Å². The summed E-state index contributed by atoms with van der Waals surface area (Å²) in [5.74, 6) is 1.48. The van der Waals surface area contributed by atoms with E-state index in [1.807, 2.05) is 24.5 Å². The van der Waals surface area contributed by atoms with Crippen molar-refractivity contribution in [2.24, 2.45) is 5.92 Å². The molecule has 2 aromatic carbocycles. The largest absolute Gasteiger partial charge is 0.336 e. The van der Waals surface area contributed by atoms with Gasteiger partial charge in [-0.15, -0.1) is 0 Å². The standard InChI is InChI=1S/C32H30N6/c1-20-7-5-10-23(15-20)25-11-6-12-27-29(25)36-32(35-27)31-30-28(37-38-31)14-13-26(34-30)24-17-22(18-33-19-24)16-21-8-3-2-4-9-21/h5-7,10-15,17-19,21H,2-4,8-9,16H2,1H3,(H,35,36)(H,37,38). The number of nitrogens with zero attached hydrogens (tertiary/aromatic N) is 4. The van der Waals surface area contributed by atoms with Crippen LogP contribution in [0.2, 0.25) is 0 Å². The summed E-state index contributed by atoms with van der Waals surface area (Å²) in [5, 5.41) is 7.75. The summed E-state index contributed by atoms with van der Waals surface area (Å²) >= 11 is 0. The van der Waals surface area contributed by atoms with Gasteiger partial charge in [0.05, 0.1) is 22.2 Å². The molecule has 0 unspecified atom stereocenters. The number of aromatic nitrogens is 6. The molecule has 0 atom stereocenters. The molecule has 188 valence electrons. The van der Waals surface area contributed by atoms with E-state index in [4.69, 9.17) is 9.97 Å². The molecule has 6 heteroatoms. The zero-order chi connectivity index (χ0) is 25.5. The normalized spacial score (nSPS) is 14.4. The second-order valence-electron chi connectivity index (χ2n) is 10.6. The van der Waals surface area contributed by atoms with Crippen LogP contribution < -0.4 is 0 Å². The van der Waals surface area contributed by atoms with Crippen molar-refractivity contribution in [2.75, 3.05) is 0 Å². The number of aromatic amines is 2. The molecule has 0 saturated heterocycles. The molecule has 0 spiro atoms. The van der Waals surface area contributed by atoms with Crippen LogP contribution in [0.1, 0.15) is 43.2 Å². The van der Waals surface area contributed by atoms with Crippen molar-refractivity contribution in [3.8, 4) is 33.9 Å². The molecular formula is C32H30N6. The SMILES string of the molecule is Cc1cccc(-c2cccc3[nH]c(-c4n[nH]c5ccc(-c6cncc(CC7CCCCC7)c6)nc45)nc23)c1. The number of para-hydroxylation sites is 1. The fourth-order valence-corrected chi connectivity index (χ4v) is 5.88. The monoisotopic (exact) mass is 498 g/mol. The maximum absolute atomic E-state index is 5.04. The van der Waals surface area contributed by atoms with Crippen LogP contribution in [0.5, 0.6) is 0 Å². The summed E-state index contributed by atoms with van der Waals surface area (Å²) in [5.41, 5.74) is 11.0. The summed E-state index contributed by atoms with van der Waals surface area (Å²) < 4.78 is 0. The number of hydrogen-bond donors (Lipinski definition) is 2. The molecule has 6 nitrogen and oxygen atoms in total. The van der Waals surface area contributed by atoms with Gasteiger partial charge in [0.1, 0.15) is 5.52 Å². The van der Waals surface area contributed by atoms with E-state index in [9.17, 15) is 0 Å². The third kappa shape index (κ3) is 4.26. The van der Waals surface area contributed by atoms with Gasteiger partial charge in [0, 0.05) is 23.5 Å². The van der Waals surface area contributed by atoms with Gasteiger partial charge in [0.15, 0.2) is 11.5 Å². The molecule has 2 N–H and O–H groups in total. The van der Waals surface area contributed by atoms with Gasteiger partial charge in [-0.05, 0) is 54.7 Å². The Morgan fingerprint density at radius 2 is 1.71 bits per heavy atom. The van der Waals surface area contributed by atoms with Gasteiger partial charge >= 0.3 is 0 Å². The maximum Gasteiger partial charge on any atom is 0.161 e. The molecular weight excluding hydrogens is 468 g/mol. The first kappa shape index (κ1) is 22.8. The van der Waals surface area contributed by atoms with Gasteiger partial charge in [-0.25, -0.2) is 9.97 Å². The minimum absolute atomic E-state index is 0.708. The second kappa shape index (κ2) is 9.53. The highest BCUT2D eigenvalue weighted by Crippen LogP contribution is 2.33. The Labute approximate surface area is 221 Å². The van der Waals surface area contributed by atoms with Gasteiger partial charge in [-0.2, -0.15) is 5.10 Å². The lowest BCUT2D eigenvalue weighted by Crippen LogP contribution is -2.09. The van der Waals surface area contributed by atoms with Crippen molar-refractivity contribution in [1.82, 2.24) is 30.1 Å². The van der Waals surface area contributed by atoms with Gasteiger partial charge in [-0.3, -0.25) is 10.1 Å². The van der Waals surface area contributed by atoms with E-state index in [-0.39, 0.29) is 0 Å². The molecule has 0 aliphatic heterocycles. The molecule has 1 aliphatic carbocycles. The Bertz CT molecular complexity index is 1760. The minimum atomic E-state index is 0.708. The molecule has 4 heterocycles. The van der Waals surface area contributed by atoms with Gasteiger partial charge in [-0.1, -0.05) is 74.1 Å². The molecule has 1 aliphatic rings. The first-order valence-corrected chi connectivity index (χ1v) is 13.6. The van der Waals surface area contributed by atoms with Crippen molar-refractivity contribution in [3.63, 3.8) is 0 Å². The lowest BCUT2D eigenvalue weighted by molar-refractivity contribution is 0.356. The van der Waals surface area contributed by atoms with E-state index < -0.39 is 0 Å². The van der Waals surface area contributed by atoms with Crippen LogP contribution in [0.25, 0.3) is 56.0 Å². The van der Waals surface area contributed by atoms with Crippen molar-refractivity contribution < 1.29 is 0 Å². The van der Waals surface area contributed by atoms with Crippen LogP contribution in [0.15, 0.2) is 73.1 Å². The summed E-state index contributed by atoms with van der Waals surface area (Å²) in [4.78, 5) is 18.1. The summed E-state index contributed by atoms with van der Waals surface area (Å²) in [6.07, 6.45) is 11.8. The predicted molar refractivity (Wildman–Crippen MR) is 153 cm³/mol. The fourth-order valence-electron chi connectivity index (χ4n) is 5.88. The summed E-state index contributed by atoms with van der Waals surface area (Å²) in [6.45, 7) is 2.11. The lowest BCUT2D eigenvalue weighted by atomic mass is 9.85. The zero-order valence-electron chi connectivity index (χ0n) is 21.5. The van der Waals surface area contributed by atoms with Crippen LogP contribution >= 0.6 is 0 Å². The number of imidazole rings is 1. The van der Waals surface area contributed by atoms with E-state index in [2.05, 4.69) is 75.6 Å². The Morgan fingerprint density at radius 3 is 2.61 bits per heavy atom. The number of aryl methyl sites for hydroxylation is 1. The Kier molecular flexibility index (Phi) is 5.73. The molecule has 6 aromatic rings. The van der Waals surface area contributed by atoms with Crippen molar-refractivity contribution in [3.05, 3.63) is 84.2 Å². The fraction of sp³-hybridized carbons (Fsp3) is 0.250. The minimum Gasteiger partial charge on any atom is -0.336 e. The van der Waals surface area contributed by atoms with Crippen molar-refractivity contribution in [1.29, 1.82) is 0 Å². The molecule has 7 rings (SSSR count). The maximum atomic E-state index is 5.04. The third-order valence-electron chi connectivity index (χ3n) is 7.81. The van der Waals surface area contributed by atoms with E-state index in [1.54, 1.807) is 0 Å². The third-order valence-corrected chi connectivity index (χ3v) is 7.81. The first-order valence-electron chi connectivity index (χ1n) is 13.6. The average molecular weight is 499 g/mol. The van der Waals surface area contributed by atoms with E-state index >= 15 is 0 Å². The molecule has 1 saturated carbocycles. The van der Waals surface area contributed by atoms with Crippen LogP contribution in [-0.2, 0) is 6.42 Å². The van der Waals surface area contributed by atoms with E-state index in [0.29, 0.717) is 5.82 Å². The Morgan fingerprint density at radius 1 is 0.816 bits per heavy atom. The number of H-pyrrole nitrogens is 2. The molecule has 38 heavy (non-hydrogen) atoms. The lowest BCUT2D eigenvalue weighted by Gasteiger charge is -2.21. The number of hydrogen-bond acceptors (Lipinski definition) is 4. The van der Waals surface area contributed by atoms with Crippen LogP contribution in [0.4, 0.5) is 0 Å². The molecule has 1 fully saturated rings. The smallest absolute Gasteiger partial charge is 0.161 e. The summed E-state index contributed by atoms with van der Waals surface area (Å²) in [7, 11) is 0. The topological polar surface area (TPSA) is 83.1 Å². The molecule has 0 amide bonds. The highest BCUT2D eigenvalue weighted by atomic mass is 15.1. The highest BCUT2D eigenvalue weighted by molar-refractivity contribution is 5.96. The van der Waals surface area contributed by atoms with Crippen molar-refractivity contribution >= 4 is 22.1 Å².